The first-order valence-corrected chi connectivity index (χ1v) is 4.16. The van der Waals surface area contributed by atoms with E-state index in [9.17, 15) is 0 Å². The zero-order valence-electron chi connectivity index (χ0n) is 6.78. The Balaban J connectivity index is 3.54. The van der Waals surface area contributed by atoms with Gasteiger partial charge in [-0.2, -0.15) is 0 Å². The van der Waals surface area contributed by atoms with E-state index in [1.54, 1.807) is 13.0 Å². The molecule has 0 atom stereocenters. The Morgan fingerprint density at radius 2 is 1.92 bits per heavy atom. The molecule has 0 N–H and O–H groups in total. The smallest absolute Gasteiger partial charge is 0.194 e. The SMILES string of the molecule is [C-]#[N+]c1c(C)cc(Cl)c(Cl)c1C. The van der Waals surface area contributed by atoms with E-state index in [1.165, 1.54) is 0 Å². The van der Waals surface area contributed by atoms with Gasteiger partial charge in [0.15, 0.2) is 5.69 Å². The Hall–Kier alpha value is -0.710. The van der Waals surface area contributed by atoms with Gasteiger partial charge in [0, 0.05) is 0 Å². The van der Waals surface area contributed by atoms with Crippen LogP contribution in [0.1, 0.15) is 11.1 Å². The third kappa shape index (κ3) is 1.41. The normalized spacial score (nSPS) is 9.58. The minimum atomic E-state index is 0.480. The van der Waals surface area contributed by atoms with Crippen molar-refractivity contribution in [3.8, 4) is 0 Å². The molecule has 0 heterocycles. The molecule has 0 amide bonds. The maximum Gasteiger partial charge on any atom is 0.194 e. The van der Waals surface area contributed by atoms with E-state index in [0.29, 0.717) is 15.7 Å². The first kappa shape index (κ1) is 9.38. The summed E-state index contributed by atoms with van der Waals surface area (Å²) in [6.45, 7) is 10.6. The van der Waals surface area contributed by atoms with Gasteiger partial charge >= 0.3 is 0 Å². The van der Waals surface area contributed by atoms with Crippen molar-refractivity contribution in [2.45, 2.75) is 13.8 Å². The summed E-state index contributed by atoms with van der Waals surface area (Å²) in [5.41, 5.74) is 2.23. The van der Waals surface area contributed by atoms with E-state index in [1.807, 2.05) is 6.92 Å². The molecule has 0 aliphatic rings. The van der Waals surface area contributed by atoms with Gasteiger partial charge in [0.2, 0.25) is 0 Å². The van der Waals surface area contributed by atoms with Gasteiger partial charge in [0.1, 0.15) is 0 Å². The van der Waals surface area contributed by atoms with Gasteiger partial charge in [-0.15, -0.1) is 0 Å². The van der Waals surface area contributed by atoms with Crippen molar-refractivity contribution in [1.82, 2.24) is 0 Å². The Morgan fingerprint density at radius 3 is 2.42 bits per heavy atom. The van der Waals surface area contributed by atoms with Crippen LogP contribution in [-0.4, -0.2) is 0 Å². The second-order valence-corrected chi connectivity index (χ2v) is 3.36. The molecule has 1 aromatic carbocycles. The molecule has 0 saturated heterocycles. The predicted molar refractivity (Wildman–Crippen MR) is 52.2 cm³/mol. The molecule has 0 fully saturated rings. The monoisotopic (exact) mass is 199 g/mol. The topological polar surface area (TPSA) is 4.36 Å². The lowest BCUT2D eigenvalue weighted by Crippen LogP contribution is -1.81. The summed E-state index contributed by atoms with van der Waals surface area (Å²) in [5, 5.41) is 0.993. The summed E-state index contributed by atoms with van der Waals surface area (Å²) in [5.74, 6) is 0. The molecule has 0 aliphatic heterocycles. The minimum Gasteiger partial charge on any atom is -0.238 e. The molecule has 12 heavy (non-hydrogen) atoms. The lowest BCUT2D eigenvalue weighted by atomic mass is 10.1. The summed E-state index contributed by atoms with van der Waals surface area (Å²) >= 11 is 11.7. The standard InChI is InChI=1S/C9H7Cl2N/c1-5-4-7(10)8(11)6(2)9(5)12-3/h4H,1-2H3. The Kier molecular flexibility index (Phi) is 2.62. The van der Waals surface area contributed by atoms with Crippen molar-refractivity contribution < 1.29 is 0 Å². The molecule has 0 spiro atoms. The van der Waals surface area contributed by atoms with Gasteiger partial charge < -0.3 is 0 Å². The second kappa shape index (κ2) is 3.35. The summed E-state index contributed by atoms with van der Waals surface area (Å²) < 4.78 is 0. The predicted octanol–water partition coefficient (Wildman–Crippen LogP) is 4.16. The van der Waals surface area contributed by atoms with Crippen LogP contribution in [0.5, 0.6) is 0 Å². The molecular formula is C9H7Cl2N. The van der Waals surface area contributed by atoms with Crippen LogP contribution in [0.3, 0.4) is 0 Å². The molecule has 0 unspecified atom stereocenters. The first-order valence-electron chi connectivity index (χ1n) is 3.40. The van der Waals surface area contributed by atoms with Gasteiger partial charge in [0.05, 0.1) is 16.6 Å². The lowest BCUT2D eigenvalue weighted by molar-refractivity contribution is 1.40. The molecule has 1 aromatic rings. The largest absolute Gasteiger partial charge is 0.238 e. The molecule has 62 valence electrons. The highest BCUT2D eigenvalue weighted by Crippen LogP contribution is 2.35. The zero-order chi connectivity index (χ0) is 9.30. The number of nitrogens with zero attached hydrogens (tertiary/aromatic N) is 1. The van der Waals surface area contributed by atoms with Crippen LogP contribution >= 0.6 is 23.2 Å². The van der Waals surface area contributed by atoms with Crippen LogP contribution < -0.4 is 0 Å². The van der Waals surface area contributed by atoms with Crippen molar-refractivity contribution >= 4 is 28.9 Å². The molecule has 0 bridgehead atoms. The van der Waals surface area contributed by atoms with E-state index < -0.39 is 0 Å². The van der Waals surface area contributed by atoms with Crippen LogP contribution in [0.4, 0.5) is 5.69 Å². The van der Waals surface area contributed by atoms with E-state index in [0.717, 1.165) is 11.1 Å². The molecule has 1 rings (SSSR count). The summed E-state index contributed by atoms with van der Waals surface area (Å²) in [6, 6.07) is 1.71. The molecule has 3 heteroatoms. The average Bonchev–Trinajstić information content (AvgIpc) is 2.01. The van der Waals surface area contributed by atoms with Crippen LogP contribution in [0, 0.1) is 20.4 Å². The van der Waals surface area contributed by atoms with Gasteiger partial charge in [-0.05, 0) is 31.0 Å². The highest BCUT2D eigenvalue weighted by atomic mass is 35.5. The molecule has 0 aromatic heterocycles. The maximum atomic E-state index is 6.92. The fourth-order valence-corrected chi connectivity index (χ4v) is 1.52. The van der Waals surface area contributed by atoms with E-state index in [-0.39, 0.29) is 0 Å². The first-order chi connectivity index (χ1) is 5.57. The Labute approximate surface area is 81.7 Å². The average molecular weight is 200 g/mol. The van der Waals surface area contributed by atoms with Crippen LogP contribution in [0.2, 0.25) is 10.0 Å². The molecule has 0 aliphatic carbocycles. The highest BCUT2D eigenvalue weighted by Gasteiger charge is 2.09. The lowest BCUT2D eigenvalue weighted by Gasteiger charge is -2.05. The Bertz CT molecular complexity index is 364. The van der Waals surface area contributed by atoms with Crippen molar-refractivity contribution in [2.75, 3.05) is 0 Å². The van der Waals surface area contributed by atoms with E-state index >= 15 is 0 Å². The molecule has 0 radical (unpaired) electrons. The minimum absolute atomic E-state index is 0.480. The van der Waals surface area contributed by atoms with Gasteiger partial charge in [-0.1, -0.05) is 23.2 Å². The Morgan fingerprint density at radius 1 is 1.33 bits per heavy atom. The van der Waals surface area contributed by atoms with Gasteiger partial charge in [-0.25, -0.2) is 4.85 Å². The van der Waals surface area contributed by atoms with Crippen LogP contribution in [0.25, 0.3) is 4.85 Å². The summed E-state index contributed by atoms with van der Waals surface area (Å²) in [4.78, 5) is 3.38. The number of hydrogen-bond acceptors (Lipinski definition) is 0. The van der Waals surface area contributed by atoms with Crippen LogP contribution in [-0.2, 0) is 0 Å². The molecular weight excluding hydrogens is 193 g/mol. The third-order valence-electron chi connectivity index (χ3n) is 1.72. The number of rotatable bonds is 0. The van der Waals surface area contributed by atoms with Crippen LogP contribution in [0.15, 0.2) is 6.07 Å². The van der Waals surface area contributed by atoms with Crippen molar-refractivity contribution in [3.63, 3.8) is 0 Å². The third-order valence-corrected chi connectivity index (χ3v) is 2.60. The fraction of sp³-hybridized carbons (Fsp3) is 0.222. The summed E-state index contributed by atoms with van der Waals surface area (Å²) in [6.07, 6.45) is 0. The fourth-order valence-electron chi connectivity index (χ4n) is 1.07. The molecule has 0 saturated carbocycles. The maximum absolute atomic E-state index is 6.92. The van der Waals surface area contributed by atoms with E-state index in [4.69, 9.17) is 29.8 Å². The summed E-state index contributed by atoms with van der Waals surface area (Å²) in [7, 11) is 0. The number of benzene rings is 1. The highest BCUT2D eigenvalue weighted by molar-refractivity contribution is 6.42. The van der Waals surface area contributed by atoms with Crippen molar-refractivity contribution in [1.29, 1.82) is 0 Å². The zero-order valence-corrected chi connectivity index (χ0v) is 8.29. The molecule has 1 nitrogen and oxygen atoms in total. The quantitative estimate of drug-likeness (QED) is 0.553. The number of halogens is 2. The van der Waals surface area contributed by atoms with Crippen molar-refractivity contribution in [3.05, 3.63) is 38.7 Å². The number of aryl methyl sites for hydroxylation is 1. The van der Waals surface area contributed by atoms with E-state index in [2.05, 4.69) is 4.85 Å². The van der Waals surface area contributed by atoms with Crippen molar-refractivity contribution in [2.24, 2.45) is 0 Å². The van der Waals surface area contributed by atoms with Gasteiger partial charge in [-0.3, -0.25) is 0 Å². The second-order valence-electron chi connectivity index (χ2n) is 2.57. The number of hydrogen-bond donors (Lipinski definition) is 0. The van der Waals surface area contributed by atoms with Gasteiger partial charge in [0.25, 0.3) is 0 Å².